The molecule has 1 saturated heterocycles. The predicted molar refractivity (Wildman–Crippen MR) is 77.7 cm³/mol. The van der Waals surface area contributed by atoms with Crippen LogP contribution in [0.4, 0.5) is 0 Å². The minimum absolute atomic E-state index is 0.279. The average Bonchev–Trinajstić information content (AvgIpc) is 2.76. The molecule has 0 aromatic carbocycles. The van der Waals surface area contributed by atoms with Crippen LogP contribution in [-0.2, 0) is 0 Å². The normalized spacial score (nSPS) is 38.2. The van der Waals surface area contributed by atoms with Crippen LogP contribution in [0.25, 0.3) is 0 Å². The summed E-state index contributed by atoms with van der Waals surface area (Å²) in [5.41, 5.74) is 6.81. The van der Waals surface area contributed by atoms with Gasteiger partial charge in [0.1, 0.15) is 0 Å². The third kappa shape index (κ3) is 2.21. The molecule has 1 heterocycles. The molecule has 106 valence electrons. The highest BCUT2D eigenvalue weighted by atomic mass is 15.3. The van der Waals surface area contributed by atoms with Crippen molar-refractivity contribution in [1.29, 1.82) is 0 Å². The molecule has 0 aromatic heterocycles. The van der Waals surface area contributed by atoms with Crippen molar-refractivity contribution in [1.82, 2.24) is 9.80 Å². The number of nitrogens with two attached hydrogens (primary N) is 1. The number of hydrogen-bond donors (Lipinski definition) is 1. The van der Waals surface area contributed by atoms with Gasteiger partial charge in [-0.15, -0.1) is 0 Å². The molecule has 0 aromatic rings. The Kier molecular flexibility index (Phi) is 4.05. The molecule has 2 rings (SSSR count). The molecule has 2 N–H and O–H groups in total. The molecule has 0 bridgehead atoms. The topological polar surface area (TPSA) is 32.5 Å². The first-order valence-corrected chi connectivity index (χ1v) is 7.62. The van der Waals surface area contributed by atoms with Gasteiger partial charge in [-0.3, -0.25) is 9.80 Å². The summed E-state index contributed by atoms with van der Waals surface area (Å²) in [6.07, 6.45) is 5.33. The predicted octanol–water partition coefficient (Wildman–Crippen LogP) is 1.92. The molecule has 2 aliphatic rings. The van der Waals surface area contributed by atoms with E-state index in [1.165, 1.54) is 38.8 Å². The van der Waals surface area contributed by atoms with Crippen LogP contribution in [0.5, 0.6) is 0 Å². The van der Waals surface area contributed by atoms with Crippen molar-refractivity contribution < 1.29 is 0 Å². The molecule has 2 unspecified atom stereocenters. The number of likely N-dealkylation sites (N-methyl/N-ethyl adjacent to an activating group) is 1. The summed E-state index contributed by atoms with van der Waals surface area (Å²) < 4.78 is 0. The second-order valence-electron chi connectivity index (χ2n) is 6.96. The number of rotatable bonds is 3. The van der Waals surface area contributed by atoms with Crippen LogP contribution in [-0.4, -0.2) is 54.1 Å². The Hall–Kier alpha value is -0.120. The van der Waals surface area contributed by atoms with Gasteiger partial charge in [0.05, 0.1) is 0 Å². The Bertz CT molecular complexity index is 289. The Morgan fingerprint density at radius 3 is 2.56 bits per heavy atom. The van der Waals surface area contributed by atoms with Crippen LogP contribution in [0.3, 0.4) is 0 Å². The fourth-order valence-corrected chi connectivity index (χ4v) is 4.15. The van der Waals surface area contributed by atoms with E-state index in [1.54, 1.807) is 0 Å². The lowest BCUT2D eigenvalue weighted by atomic mass is 9.81. The third-order valence-corrected chi connectivity index (χ3v) is 5.71. The Morgan fingerprint density at radius 1 is 1.28 bits per heavy atom. The van der Waals surface area contributed by atoms with Crippen LogP contribution < -0.4 is 5.73 Å². The Labute approximate surface area is 113 Å². The van der Waals surface area contributed by atoms with Crippen molar-refractivity contribution in [2.45, 2.75) is 57.5 Å². The van der Waals surface area contributed by atoms with Gasteiger partial charge in [0.15, 0.2) is 0 Å². The molecule has 18 heavy (non-hydrogen) atoms. The summed E-state index contributed by atoms with van der Waals surface area (Å²) >= 11 is 0. The molecule has 0 amide bonds. The van der Waals surface area contributed by atoms with Crippen LogP contribution in [0.15, 0.2) is 0 Å². The number of nitrogens with zero attached hydrogens (tertiary/aromatic N) is 2. The molecule has 2 atom stereocenters. The average molecular weight is 253 g/mol. The fourth-order valence-electron chi connectivity index (χ4n) is 4.15. The lowest BCUT2D eigenvalue weighted by Gasteiger charge is -2.53. The molecule has 3 heteroatoms. The molecule has 3 nitrogen and oxygen atoms in total. The molecule has 1 aliphatic carbocycles. The largest absolute Gasteiger partial charge is 0.329 e. The van der Waals surface area contributed by atoms with Crippen LogP contribution in [0, 0.1) is 5.92 Å². The quantitative estimate of drug-likeness (QED) is 0.834. The van der Waals surface area contributed by atoms with E-state index in [1.807, 2.05) is 0 Å². The van der Waals surface area contributed by atoms with Gasteiger partial charge in [-0.25, -0.2) is 0 Å². The van der Waals surface area contributed by atoms with E-state index in [2.05, 4.69) is 37.6 Å². The molecule has 1 aliphatic heterocycles. The van der Waals surface area contributed by atoms with E-state index in [0.29, 0.717) is 5.54 Å². The first-order chi connectivity index (χ1) is 8.46. The van der Waals surface area contributed by atoms with E-state index < -0.39 is 0 Å². The third-order valence-electron chi connectivity index (χ3n) is 5.71. The maximum Gasteiger partial charge on any atom is 0.0361 e. The van der Waals surface area contributed by atoms with Gasteiger partial charge < -0.3 is 5.73 Å². The van der Waals surface area contributed by atoms with Crippen molar-refractivity contribution in [2.75, 3.05) is 33.2 Å². The van der Waals surface area contributed by atoms with Gasteiger partial charge in [0.2, 0.25) is 0 Å². The number of hydrogen-bond acceptors (Lipinski definition) is 3. The van der Waals surface area contributed by atoms with E-state index in [0.717, 1.165) is 19.0 Å². The zero-order valence-electron chi connectivity index (χ0n) is 12.7. The smallest absolute Gasteiger partial charge is 0.0361 e. The number of piperazine rings is 1. The second kappa shape index (κ2) is 5.10. The zero-order valence-corrected chi connectivity index (χ0v) is 12.7. The summed E-state index contributed by atoms with van der Waals surface area (Å²) in [5, 5.41) is 0. The van der Waals surface area contributed by atoms with Crippen LogP contribution >= 0.6 is 0 Å². The minimum Gasteiger partial charge on any atom is -0.329 e. The molecular weight excluding hydrogens is 222 g/mol. The Morgan fingerprint density at radius 2 is 2.00 bits per heavy atom. The summed E-state index contributed by atoms with van der Waals surface area (Å²) in [6, 6.07) is 0. The lowest BCUT2D eigenvalue weighted by Crippen LogP contribution is -2.66. The van der Waals surface area contributed by atoms with Crippen molar-refractivity contribution in [3.05, 3.63) is 0 Å². The summed E-state index contributed by atoms with van der Waals surface area (Å²) in [6.45, 7) is 11.4. The maximum atomic E-state index is 6.23. The standard InChI is InChI=1S/C15H31N3/c1-5-13-7-6-8-15(13,11-16)18-10-9-17(4)14(2,3)12-18/h13H,5-12,16H2,1-4H3. The van der Waals surface area contributed by atoms with Gasteiger partial charge in [-0.05, 0) is 39.7 Å². The molecule has 0 spiro atoms. The van der Waals surface area contributed by atoms with Crippen LogP contribution in [0.1, 0.15) is 46.5 Å². The van der Waals surface area contributed by atoms with Crippen molar-refractivity contribution in [3.8, 4) is 0 Å². The highest BCUT2D eigenvalue weighted by Crippen LogP contribution is 2.43. The zero-order chi connectivity index (χ0) is 13.4. The lowest BCUT2D eigenvalue weighted by molar-refractivity contribution is -0.0380. The summed E-state index contributed by atoms with van der Waals surface area (Å²) in [7, 11) is 2.25. The monoisotopic (exact) mass is 253 g/mol. The van der Waals surface area contributed by atoms with Gasteiger partial charge in [-0.1, -0.05) is 19.8 Å². The van der Waals surface area contributed by atoms with Gasteiger partial charge in [0, 0.05) is 37.3 Å². The molecule has 2 fully saturated rings. The summed E-state index contributed by atoms with van der Waals surface area (Å²) in [5.74, 6) is 0.807. The van der Waals surface area contributed by atoms with E-state index in [-0.39, 0.29) is 5.54 Å². The highest BCUT2D eigenvalue weighted by Gasteiger charge is 2.48. The van der Waals surface area contributed by atoms with E-state index >= 15 is 0 Å². The minimum atomic E-state index is 0.279. The SMILES string of the molecule is CCC1CCCC1(CN)N1CCN(C)C(C)(C)C1. The van der Waals surface area contributed by atoms with Gasteiger partial charge in [0.25, 0.3) is 0 Å². The maximum absolute atomic E-state index is 6.23. The van der Waals surface area contributed by atoms with Crippen molar-refractivity contribution >= 4 is 0 Å². The first kappa shape index (κ1) is 14.3. The second-order valence-corrected chi connectivity index (χ2v) is 6.96. The molecular formula is C15H31N3. The molecule has 0 radical (unpaired) electrons. The Balaban J connectivity index is 2.18. The van der Waals surface area contributed by atoms with E-state index in [4.69, 9.17) is 5.73 Å². The molecule has 1 saturated carbocycles. The fraction of sp³-hybridized carbons (Fsp3) is 1.00. The summed E-state index contributed by atoms with van der Waals surface area (Å²) in [4.78, 5) is 5.22. The van der Waals surface area contributed by atoms with Crippen molar-refractivity contribution in [3.63, 3.8) is 0 Å². The highest BCUT2D eigenvalue weighted by molar-refractivity contribution is 5.05. The van der Waals surface area contributed by atoms with Crippen molar-refractivity contribution in [2.24, 2.45) is 11.7 Å². The van der Waals surface area contributed by atoms with Crippen LogP contribution in [0.2, 0.25) is 0 Å². The van der Waals surface area contributed by atoms with E-state index in [9.17, 15) is 0 Å². The van der Waals surface area contributed by atoms with Gasteiger partial charge in [-0.2, -0.15) is 0 Å². The first-order valence-electron chi connectivity index (χ1n) is 7.62. The van der Waals surface area contributed by atoms with Gasteiger partial charge >= 0.3 is 0 Å².